The molecule has 0 radical (unpaired) electrons. The van der Waals surface area contributed by atoms with E-state index in [1.165, 1.54) is 0 Å². The van der Waals surface area contributed by atoms with Gasteiger partial charge in [0.25, 0.3) is 0 Å². The lowest BCUT2D eigenvalue weighted by atomic mass is 9.93. The minimum Gasteiger partial charge on any atom is -0.376 e. The van der Waals surface area contributed by atoms with Gasteiger partial charge in [-0.1, -0.05) is 26.0 Å². The predicted molar refractivity (Wildman–Crippen MR) is 86.8 cm³/mol. The number of hydrazine groups is 1. The van der Waals surface area contributed by atoms with Crippen LogP contribution in [0.2, 0.25) is 0 Å². The van der Waals surface area contributed by atoms with Gasteiger partial charge in [0, 0.05) is 17.7 Å². The Hall–Kier alpha value is -1.49. The van der Waals surface area contributed by atoms with Gasteiger partial charge in [-0.05, 0) is 43.5 Å². The number of pyridine rings is 1. The highest BCUT2D eigenvalue weighted by Gasteiger charge is 2.25. The van der Waals surface area contributed by atoms with Crippen molar-refractivity contribution in [2.45, 2.75) is 39.8 Å². The van der Waals surface area contributed by atoms with E-state index in [4.69, 9.17) is 10.6 Å². The number of nitrogens with one attached hydrogen (secondary N) is 1. The minimum absolute atomic E-state index is 0.0318. The van der Waals surface area contributed by atoms with Gasteiger partial charge >= 0.3 is 0 Å². The molecular formula is C17H25N3O. The van der Waals surface area contributed by atoms with Crippen LogP contribution in [0.15, 0.2) is 30.3 Å². The number of nitrogens with two attached hydrogens (primary N) is 1. The summed E-state index contributed by atoms with van der Waals surface area (Å²) >= 11 is 0. The first kappa shape index (κ1) is 15.9. The Balaban J connectivity index is 2.39. The van der Waals surface area contributed by atoms with E-state index in [1.54, 1.807) is 0 Å². The average Bonchev–Trinajstić information content (AvgIpc) is 2.47. The second-order valence-electron chi connectivity index (χ2n) is 5.71. The summed E-state index contributed by atoms with van der Waals surface area (Å²) in [5.74, 6) is 6.17. The molecule has 0 aliphatic rings. The molecule has 2 rings (SSSR count). The molecule has 0 aliphatic carbocycles. The molecule has 1 aromatic heterocycles. The van der Waals surface area contributed by atoms with Gasteiger partial charge in [-0.25, -0.2) is 0 Å². The Bertz CT molecular complexity index is 598. The summed E-state index contributed by atoms with van der Waals surface area (Å²) in [6.45, 7) is 8.99. The number of hydrogen-bond donors (Lipinski definition) is 2. The molecule has 4 nitrogen and oxygen atoms in total. The minimum atomic E-state index is -0.0318. The van der Waals surface area contributed by atoms with E-state index in [9.17, 15) is 0 Å². The van der Waals surface area contributed by atoms with Crippen LogP contribution in [0.4, 0.5) is 0 Å². The molecular weight excluding hydrogens is 262 g/mol. The molecule has 1 aromatic carbocycles. The quantitative estimate of drug-likeness (QED) is 0.633. The molecule has 0 aliphatic heterocycles. The Morgan fingerprint density at radius 1 is 1.24 bits per heavy atom. The standard InChI is InChI=1S/C17H25N3O/c1-5-21-17(11(2)3)16(20-18)14-8-9-15-13(10-14)7-6-12(4)19-15/h6-11,16-17,20H,5,18H2,1-4H3. The zero-order valence-corrected chi connectivity index (χ0v) is 13.3. The highest BCUT2D eigenvalue weighted by molar-refractivity contribution is 5.79. The van der Waals surface area contributed by atoms with E-state index in [-0.39, 0.29) is 12.1 Å². The fourth-order valence-corrected chi connectivity index (χ4v) is 2.69. The molecule has 3 N–H and O–H groups in total. The Morgan fingerprint density at radius 3 is 2.62 bits per heavy atom. The third-order valence-electron chi connectivity index (χ3n) is 3.74. The first-order valence-electron chi connectivity index (χ1n) is 7.51. The summed E-state index contributed by atoms with van der Waals surface area (Å²) in [6.07, 6.45) is 0.0378. The van der Waals surface area contributed by atoms with Gasteiger partial charge in [0.05, 0.1) is 17.7 Å². The van der Waals surface area contributed by atoms with Gasteiger partial charge in [-0.15, -0.1) is 0 Å². The molecule has 21 heavy (non-hydrogen) atoms. The second kappa shape index (κ2) is 6.98. The Labute approximate surface area is 126 Å². The summed E-state index contributed by atoms with van der Waals surface area (Å²) in [5.41, 5.74) is 6.08. The van der Waals surface area contributed by atoms with Crippen molar-refractivity contribution in [2.75, 3.05) is 6.61 Å². The number of aryl methyl sites for hydroxylation is 1. The molecule has 0 saturated heterocycles. The van der Waals surface area contributed by atoms with E-state index >= 15 is 0 Å². The smallest absolute Gasteiger partial charge is 0.0805 e. The maximum absolute atomic E-state index is 5.88. The summed E-state index contributed by atoms with van der Waals surface area (Å²) in [4.78, 5) is 4.54. The third kappa shape index (κ3) is 3.59. The predicted octanol–water partition coefficient (Wildman–Crippen LogP) is 3.11. The first-order chi connectivity index (χ1) is 10.1. The van der Waals surface area contributed by atoms with Crippen molar-refractivity contribution in [3.63, 3.8) is 0 Å². The summed E-state index contributed by atoms with van der Waals surface area (Å²) in [5, 5.41) is 1.12. The number of ether oxygens (including phenoxy) is 1. The highest BCUT2D eigenvalue weighted by atomic mass is 16.5. The van der Waals surface area contributed by atoms with Crippen molar-refractivity contribution in [2.24, 2.45) is 11.8 Å². The molecule has 1 heterocycles. The normalized spacial score (nSPS) is 14.6. The van der Waals surface area contributed by atoms with E-state index in [1.807, 2.05) is 26.0 Å². The summed E-state index contributed by atoms with van der Waals surface area (Å²) in [6, 6.07) is 10.4. The average molecular weight is 287 g/mol. The molecule has 0 amide bonds. The zero-order valence-electron chi connectivity index (χ0n) is 13.3. The molecule has 114 valence electrons. The Morgan fingerprint density at radius 2 is 2.00 bits per heavy atom. The van der Waals surface area contributed by atoms with Crippen molar-refractivity contribution in [1.29, 1.82) is 0 Å². The lowest BCUT2D eigenvalue weighted by molar-refractivity contribution is 0.00280. The van der Waals surface area contributed by atoms with Crippen molar-refractivity contribution in [3.05, 3.63) is 41.6 Å². The van der Waals surface area contributed by atoms with Crippen LogP contribution in [0.3, 0.4) is 0 Å². The number of rotatable bonds is 6. The summed E-state index contributed by atoms with van der Waals surface area (Å²) in [7, 11) is 0. The number of nitrogens with zero attached hydrogens (tertiary/aromatic N) is 1. The summed E-state index contributed by atoms with van der Waals surface area (Å²) < 4.78 is 5.88. The molecule has 2 atom stereocenters. The number of benzene rings is 1. The van der Waals surface area contributed by atoms with Crippen molar-refractivity contribution in [3.8, 4) is 0 Å². The molecule has 2 aromatic rings. The number of hydrogen-bond acceptors (Lipinski definition) is 4. The molecule has 2 unspecified atom stereocenters. The van der Waals surface area contributed by atoms with Crippen molar-refractivity contribution < 1.29 is 4.74 Å². The van der Waals surface area contributed by atoms with Gasteiger partial charge in [0.1, 0.15) is 0 Å². The third-order valence-corrected chi connectivity index (χ3v) is 3.74. The van der Waals surface area contributed by atoms with Crippen LogP contribution >= 0.6 is 0 Å². The first-order valence-corrected chi connectivity index (χ1v) is 7.51. The van der Waals surface area contributed by atoms with E-state index in [2.05, 4.69) is 42.5 Å². The van der Waals surface area contributed by atoms with E-state index < -0.39 is 0 Å². The maximum atomic E-state index is 5.88. The lowest BCUT2D eigenvalue weighted by Crippen LogP contribution is -2.40. The fraction of sp³-hybridized carbons (Fsp3) is 0.471. The Kier molecular flexibility index (Phi) is 5.28. The SMILES string of the molecule is CCOC(C(C)C)C(NN)c1ccc2nc(C)ccc2c1. The largest absolute Gasteiger partial charge is 0.376 e. The maximum Gasteiger partial charge on any atom is 0.0805 e. The van der Waals surface area contributed by atoms with Gasteiger partial charge in [-0.2, -0.15) is 0 Å². The fourth-order valence-electron chi connectivity index (χ4n) is 2.69. The van der Waals surface area contributed by atoms with Gasteiger partial charge in [0.2, 0.25) is 0 Å². The molecule has 0 bridgehead atoms. The number of aromatic nitrogens is 1. The van der Waals surface area contributed by atoms with Gasteiger partial charge < -0.3 is 4.74 Å². The number of fused-ring (bicyclic) bond motifs is 1. The highest BCUT2D eigenvalue weighted by Crippen LogP contribution is 2.26. The van der Waals surface area contributed by atoms with Crippen molar-refractivity contribution >= 4 is 10.9 Å². The molecule has 4 heteroatoms. The van der Waals surface area contributed by atoms with Crippen LogP contribution in [0.25, 0.3) is 10.9 Å². The van der Waals surface area contributed by atoms with Crippen molar-refractivity contribution in [1.82, 2.24) is 10.4 Å². The van der Waals surface area contributed by atoms with Crippen LogP contribution < -0.4 is 11.3 Å². The monoisotopic (exact) mass is 287 g/mol. The van der Waals surface area contributed by atoms with Crippen LogP contribution in [-0.4, -0.2) is 17.7 Å². The van der Waals surface area contributed by atoms with Crippen LogP contribution in [-0.2, 0) is 4.74 Å². The second-order valence-corrected chi connectivity index (χ2v) is 5.71. The van der Waals surface area contributed by atoms with Gasteiger partial charge in [-0.3, -0.25) is 16.3 Å². The molecule has 0 spiro atoms. The lowest BCUT2D eigenvalue weighted by Gasteiger charge is -2.30. The van der Waals surface area contributed by atoms with E-state index in [0.717, 1.165) is 22.2 Å². The molecule has 0 saturated carbocycles. The van der Waals surface area contributed by atoms with Gasteiger partial charge in [0.15, 0.2) is 0 Å². The van der Waals surface area contributed by atoms with Crippen LogP contribution in [0.1, 0.15) is 38.1 Å². The molecule has 0 fully saturated rings. The van der Waals surface area contributed by atoms with E-state index in [0.29, 0.717) is 12.5 Å². The topological polar surface area (TPSA) is 60.2 Å². The van der Waals surface area contributed by atoms with Crippen LogP contribution in [0.5, 0.6) is 0 Å². The zero-order chi connectivity index (χ0) is 15.4. The van der Waals surface area contributed by atoms with Crippen LogP contribution in [0, 0.1) is 12.8 Å².